The number of halogens is 1. The molecule has 0 amide bonds. The molecule has 156 valence electrons. The molecule has 0 spiro atoms. The van der Waals surface area contributed by atoms with Crippen molar-refractivity contribution in [2.75, 3.05) is 77.8 Å². The van der Waals surface area contributed by atoms with Crippen molar-refractivity contribution in [3.63, 3.8) is 0 Å². The first kappa shape index (κ1) is 22.3. The second-order valence-electron chi connectivity index (χ2n) is 6.11. The highest BCUT2D eigenvalue weighted by atomic mass is 32.2. The van der Waals surface area contributed by atoms with Gasteiger partial charge in [0, 0.05) is 48.5 Å². The molecule has 0 bridgehead atoms. The molecule has 0 aromatic carbocycles. The summed E-state index contributed by atoms with van der Waals surface area (Å²) in [6.45, 7) is 5.91. The molecule has 0 aliphatic carbocycles. The highest BCUT2D eigenvalue weighted by Gasteiger charge is 2.19. The van der Waals surface area contributed by atoms with Gasteiger partial charge in [0.25, 0.3) is 0 Å². The molecule has 1 N–H and O–H groups in total. The van der Waals surface area contributed by atoms with Gasteiger partial charge in [-0.25, -0.2) is 4.68 Å². The third kappa shape index (κ3) is 8.71. The number of nitrogens with one attached hydrogen (secondary N) is 1. The van der Waals surface area contributed by atoms with E-state index in [0.29, 0.717) is 83.0 Å². The summed E-state index contributed by atoms with van der Waals surface area (Å²) in [5.74, 6) is 0.835. The number of nitrogens with zero attached hydrogens (tertiary/aromatic N) is 4. The minimum absolute atomic E-state index is 0.302. The monoisotopic (exact) mass is 407 g/mol. The van der Waals surface area contributed by atoms with E-state index in [0.717, 1.165) is 6.54 Å². The van der Waals surface area contributed by atoms with E-state index in [1.165, 1.54) is 4.68 Å². The molecule has 1 fully saturated rings. The van der Waals surface area contributed by atoms with Gasteiger partial charge in [-0.3, -0.25) is 9.11 Å². The van der Waals surface area contributed by atoms with Crippen LogP contribution in [0.4, 0.5) is 4.39 Å². The molecule has 1 saturated heterocycles. The maximum atomic E-state index is 14.3. The summed E-state index contributed by atoms with van der Waals surface area (Å²) >= 11 is 0. The quantitative estimate of drug-likeness (QED) is 0.403. The third-order valence-corrected chi connectivity index (χ3v) is 5.35. The maximum Gasteiger partial charge on any atom is 0.236 e. The predicted molar refractivity (Wildman–Crippen MR) is 99.5 cm³/mol. The number of rotatable bonds is 14. The zero-order chi connectivity index (χ0) is 19.3. The van der Waals surface area contributed by atoms with E-state index in [1.54, 1.807) is 0 Å². The van der Waals surface area contributed by atoms with Crippen LogP contribution in [-0.2, 0) is 38.1 Å². The molecule has 0 saturated carbocycles. The van der Waals surface area contributed by atoms with Gasteiger partial charge >= 0.3 is 0 Å². The second kappa shape index (κ2) is 13.2. The van der Waals surface area contributed by atoms with Gasteiger partial charge < -0.3 is 19.5 Å². The first-order chi connectivity index (χ1) is 13.2. The van der Waals surface area contributed by atoms with Gasteiger partial charge in [0.05, 0.1) is 46.2 Å². The Morgan fingerprint density at radius 1 is 1.07 bits per heavy atom. The van der Waals surface area contributed by atoms with Crippen molar-refractivity contribution in [2.45, 2.75) is 13.1 Å². The van der Waals surface area contributed by atoms with Gasteiger partial charge in [-0.1, -0.05) is 5.21 Å². The van der Waals surface area contributed by atoms with Gasteiger partial charge in [-0.05, 0) is 7.05 Å². The SMILES string of the molecule is CNCCOCCOCCOCCn1nnc(CN2CCS(=O)CC2)c1F. The highest BCUT2D eigenvalue weighted by molar-refractivity contribution is 7.85. The average Bonchev–Trinajstić information content (AvgIpc) is 3.01. The van der Waals surface area contributed by atoms with E-state index in [1.807, 2.05) is 7.05 Å². The Hall–Kier alpha value is -0.980. The molecule has 1 aliphatic heterocycles. The van der Waals surface area contributed by atoms with Crippen molar-refractivity contribution >= 4 is 10.8 Å². The lowest BCUT2D eigenvalue weighted by Gasteiger charge is -2.24. The van der Waals surface area contributed by atoms with Crippen molar-refractivity contribution in [1.29, 1.82) is 0 Å². The van der Waals surface area contributed by atoms with Gasteiger partial charge in [0.2, 0.25) is 5.95 Å². The number of hydrogen-bond acceptors (Lipinski definition) is 8. The minimum Gasteiger partial charge on any atom is -0.378 e. The first-order valence-corrected chi connectivity index (χ1v) is 10.7. The number of aromatic nitrogens is 3. The van der Waals surface area contributed by atoms with Crippen molar-refractivity contribution in [2.24, 2.45) is 0 Å². The van der Waals surface area contributed by atoms with Crippen LogP contribution < -0.4 is 5.32 Å². The smallest absolute Gasteiger partial charge is 0.236 e. The van der Waals surface area contributed by atoms with Gasteiger partial charge in [0.15, 0.2) is 0 Å². The van der Waals surface area contributed by atoms with Gasteiger partial charge in [-0.15, -0.1) is 5.10 Å². The van der Waals surface area contributed by atoms with E-state index < -0.39 is 16.7 Å². The van der Waals surface area contributed by atoms with Crippen LogP contribution in [0.25, 0.3) is 0 Å². The summed E-state index contributed by atoms with van der Waals surface area (Å²) in [6, 6.07) is 0. The molecule has 1 aromatic heterocycles. The Balaban J connectivity index is 1.52. The Kier molecular flexibility index (Phi) is 10.9. The normalized spacial score (nSPS) is 16.2. The lowest BCUT2D eigenvalue weighted by molar-refractivity contribution is 0.0130. The van der Waals surface area contributed by atoms with Crippen LogP contribution in [0.3, 0.4) is 0 Å². The fraction of sp³-hybridized carbons (Fsp3) is 0.875. The fourth-order valence-corrected chi connectivity index (χ4v) is 3.62. The van der Waals surface area contributed by atoms with Crippen LogP contribution in [0, 0.1) is 5.95 Å². The van der Waals surface area contributed by atoms with E-state index in [-0.39, 0.29) is 0 Å². The summed E-state index contributed by atoms with van der Waals surface area (Å²) < 4.78 is 43.0. The summed E-state index contributed by atoms with van der Waals surface area (Å²) in [5, 5.41) is 10.8. The van der Waals surface area contributed by atoms with Gasteiger partial charge in [0.1, 0.15) is 5.69 Å². The van der Waals surface area contributed by atoms with Crippen LogP contribution in [0.2, 0.25) is 0 Å². The minimum atomic E-state index is -0.743. The lowest BCUT2D eigenvalue weighted by Crippen LogP contribution is -2.37. The zero-order valence-corrected chi connectivity index (χ0v) is 16.7. The molecule has 0 atom stereocenters. The Bertz CT molecular complexity index is 553. The molecule has 0 unspecified atom stereocenters. The van der Waals surface area contributed by atoms with E-state index in [9.17, 15) is 8.60 Å². The van der Waals surface area contributed by atoms with Gasteiger partial charge in [-0.2, -0.15) is 4.39 Å². The largest absolute Gasteiger partial charge is 0.378 e. The highest BCUT2D eigenvalue weighted by Crippen LogP contribution is 2.09. The molecule has 9 nitrogen and oxygen atoms in total. The van der Waals surface area contributed by atoms with E-state index >= 15 is 0 Å². The van der Waals surface area contributed by atoms with Crippen molar-refractivity contribution in [1.82, 2.24) is 25.2 Å². The van der Waals surface area contributed by atoms with Crippen LogP contribution >= 0.6 is 0 Å². The molecule has 0 radical (unpaired) electrons. The topological polar surface area (TPSA) is 90.7 Å². The van der Waals surface area contributed by atoms with Crippen LogP contribution in [0.15, 0.2) is 0 Å². The van der Waals surface area contributed by atoms with Crippen LogP contribution in [0.1, 0.15) is 5.69 Å². The molecule has 1 aromatic rings. The second-order valence-corrected chi connectivity index (χ2v) is 7.81. The van der Waals surface area contributed by atoms with Crippen molar-refractivity contribution in [3.8, 4) is 0 Å². The maximum absolute atomic E-state index is 14.3. The Morgan fingerprint density at radius 3 is 2.37 bits per heavy atom. The Labute approximate surface area is 162 Å². The molecule has 11 heteroatoms. The molecular formula is C16H30FN5O4S. The third-order valence-electron chi connectivity index (χ3n) is 4.07. The van der Waals surface area contributed by atoms with Crippen molar-refractivity contribution < 1.29 is 22.8 Å². The standard InChI is InChI=1S/C16H30FN5O4S/c1-18-2-6-24-8-10-26-11-9-25-7-3-22-16(17)15(19-20-22)14-21-4-12-27(23)13-5-21/h18H,2-14H2,1H3. The van der Waals surface area contributed by atoms with E-state index in [2.05, 4.69) is 20.5 Å². The number of ether oxygens (including phenoxy) is 3. The lowest BCUT2D eigenvalue weighted by atomic mass is 10.4. The summed E-state index contributed by atoms with van der Waals surface area (Å²) in [7, 11) is 1.13. The number of likely N-dealkylation sites (N-methyl/N-ethyl adjacent to an activating group) is 1. The van der Waals surface area contributed by atoms with Crippen LogP contribution in [-0.4, -0.2) is 102 Å². The summed E-state index contributed by atoms with van der Waals surface area (Å²) in [6.07, 6.45) is 0. The van der Waals surface area contributed by atoms with E-state index in [4.69, 9.17) is 14.2 Å². The molecule has 2 heterocycles. The molecular weight excluding hydrogens is 377 g/mol. The number of hydrogen-bond donors (Lipinski definition) is 1. The average molecular weight is 408 g/mol. The predicted octanol–water partition coefficient (Wildman–Crippen LogP) is -0.749. The fourth-order valence-electron chi connectivity index (χ4n) is 2.49. The molecule has 1 aliphatic rings. The first-order valence-electron chi connectivity index (χ1n) is 9.23. The zero-order valence-electron chi connectivity index (χ0n) is 15.9. The Morgan fingerprint density at radius 2 is 1.70 bits per heavy atom. The van der Waals surface area contributed by atoms with Crippen molar-refractivity contribution in [3.05, 3.63) is 11.6 Å². The molecule has 2 rings (SSSR count). The van der Waals surface area contributed by atoms with Crippen LogP contribution in [0.5, 0.6) is 0 Å². The summed E-state index contributed by atoms with van der Waals surface area (Å²) in [5.41, 5.74) is 0.323. The summed E-state index contributed by atoms with van der Waals surface area (Å²) in [4.78, 5) is 2.05. The molecule has 27 heavy (non-hydrogen) atoms.